The van der Waals surface area contributed by atoms with Crippen LogP contribution in [0, 0.1) is 26.0 Å². The van der Waals surface area contributed by atoms with Gasteiger partial charge in [0.2, 0.25) is 5.82 Å². The minimum atomic E-state index is -5.71. The van der Waals surface area contributed by atoms with Gasteiger partial charge >= 0.3 is 5.69 Å². The van der Waals surface area contributed by atoms with Crippen molar-refractivity contribution >= 4 is 94.0 Å². The van der Waals surface area contributed by atoms with Crippen LogP contribution in [-0.2, 0) is 29.2 Å². The first kappa shape index (κ1) is 41.1. The lowest BCUT2D eigenvalue weighted by Gasteiger charge is -2.21. The van der Waals surface area contributed by atoms with Crippen LogP contribution in [0.15, 0.2) is 109 Å². The molecular formula is C30H25FN8O14S3. The summed E-state index contributed by atoms with van der Waals surface area (Å²) < 4.78 is 90.7. The quantitative estimate of drug-likeness (QED) is 0.00765. The summed E-state index contributed by atoms with van der Waals surface area (Å²) in [6, 6.07) is 15.9. The Balaban J connectivity index is 1.38. The second-order valence-electron chi connectivity index (χ2n) is 11.2. The lowest BCUT2D eigenvalue weighted by molar-refractivity contribution is -0.395. The summed E-state index contributed by atoms with van der Waals surface area (Å²) in [5, 5.41) is 52.7. The maximum absolute atomic E-state index is 14.4. The summed E-state index contributed by atoms with van der Waals surface area (Å²) in [7, 11) is -10.7. The third kappa shape index (κ3) is 10.3. The number of nitro groups is 2. The molecule has 0 aliphatic rings. The molecule has 0 amide bonds. The molecular weight excluding hydrogens is 812 g/mol. The Labute approximate surface area is 317 Å². The van der Waals surface area contributed by atoms with Crippen LogP contribution in [0.2, 0.25) is 0 Å². The zero-order valence-corrected chi connectivity index (χ0v) is 30.1. The minimum absolute atomic E-state index is 0.0415. The van der Waals surface area contributed by atoms with Gasteiger partial charge in [0.05, 0.1) is 57.1 Å². The van der Waals surface area contributed by atoms with Gasteiger partial charge < -0.3 is 16.2 Å². The van der Waals surface area contributed by atoms with Gasteiger partial charge in [-0.2, -0.15) is 22.3 Å². The molecule has 0 fully saturated rings. The van der Waals surface area contributed by atoms with Gasteiger partial charge in [0.15, 0.2) is 15.7 Å². The molecule has 22 nitrogen and oxygen atoms in total. The highest BCUT2D eigenvalue weighted by Gasteiger charge is 2.26. The zero-order chi connectivity index (χ0) is 41.0. The molecule has 0 radical (unpaired) electrons. The van der Waals surface area contributed by atoms with Crippen molar-refractivity contribution < 1.29 is 59.4 Å². The van der Waals surface area contributed by atoms with Gasteiger partial charge in [-0.25, -0.2) is 9.10 Å². The molecule has 0 spiro atoms. The highest BCUT2D eigenvalue weighted by molar-refractivity contribution is 8.05. The number of hydrogen-bond acceptors (Lipinski definition) is 17. The number of aromatic hydroxyl groups is 1. The average molecular weight is 837 g/mol. The first-order valence-electron chi connectivity index (χ1n) is 15.0. The molecule has 0 atom stereocenters. The Kier molecular flexibility index (Phi) is 11.7. The third-order valence-electron chi connectivity index (χ3n) is 7.21. The van der Waals surface area contributed by atoms with Gasteiger partial charge in [-0.05, 0) is 60.0 Å². The molecule has 0 unspecified atom stereocenters. The van der Waals surface area contributed by atoms with E-state index in [1.807, 2.05) is 0 Å². The molecule has 56 heavy (non-hydrogen) atoms. The molecule has 5 aromatic rings. The molecule has 0 aliphatic heterocycles. The fourth-order valence-electron chi connectivity index (χ4n) is 4.63. The number of nitro benzene ring substituents is 2. The number of anilines is 3. The summed E-state index contributed by atoms with van der Waals surface area (Å²) in [6.45, 7) is -0.588. The lowest BCUT2D eigenvalue weighted by Crippen LogP contribution is -2.36. The summed E-state index contributed by atoms with van der Waals surface area (Å²) in [5.41, 5.74) is 3.26. The number of nitrogen functional groups attached to an aromatic ring is 1. The second-order valence-corrected chi connectivity index (χ2v) is 15.7. The van der Waals surface area contributed by atoms with Gasteiger partial charge in [0.1, 0.15) is 27.6 Å². The predicted molar refractivity (Wildman–Crippen MR) is 198 cm³/mol. The Bertz CT molecular complexity index is 2610. The zero-order valence-electron chi connectivity index (χ0n) is 27.7. The van der Waals surface area contributed by atoms with Crippen LogP contribution in [-0.4, -0.2) is 58.2 Å². The highest BCUT2D eigenvalue weighted by Crippen LogP contribution is 2.43. The van der Waals surface area contributed by atoms with E-state index in [9.17, 15) is 46.9 Å². The van der Waals surface area contributed by atoms with Crippen LogP contribution < -0.4 is 11.1 Å². The van der Waals surface area contributed by atoms with Gasteiger partial charge in [-0.15, -0.1) is 15.3 Å². The molecule has 0 aliphatic carbocycles. The fraction of sp³-hybridized carbons (Fsp3) is 0.0667. The number of azo groups is 2. The van der Waals surface area contributed by atoms with E-state index in [1.165, 1.54) is 30.3 Å². The summed E-state index contributed by atoms with van der Waals surface area (Å²) in [4.78, 5) is 24.8. The number of rotatable bonds is 15. The molecule has 0 saturated heterocycles. The standard InChI is InChI=1S/C30H25FN8O14S3/c31-20-14-23(26(39(43)44)15-25(20)38(41)42)33-18-5-10-27(55(45,46)47)24(13-18)37-36-22-9-2-16-1-8-21(29(32)28(16)30(22)40)35-34-17-3-6-19(7-4-17)54-53-52-11-12-56(48,49,50)51/h1-10,13-15,33,40H,11-12,32H2,(H,45,46,47)(H3,48,49,50,51). The number of hydrogen-bond donors (Lipinski definition) is 7. The van der Waals surface area contributed by atoms with E-state index < -0.39 is 81.4 Å². The van der Waals surface area contributed by atoms with Crippen LogP contribution in [0.4, 0.5) is 55.6 Å². The average Bonchev–Trinajstić information content (AvgIpc) is 3.10. The number of fused-ring (bicyclic) bond motifs is 1. The Morgan fingerprint density at radius 3 is 2.11 bits per heavy atom. The monoisotopic (exact) mass is 836 g/mol. The van der Waals surface area contributed by atoms with Crippen molar-refractivity contribution in [3.05, 3.63) is 105 Å². The van der Waals surface area contributed by atoms with Crippen molar-refractivity contribution in [2.75, 3.05) is 23.4 Å². The van der Waals surface area contributed by atoms with Crippen LogP contribution in [0.25, 0.3) is 10.8 Å². The molecule has 0 bridgehead atoms. The number of halogens is 1. The molecule has 294 valence electrons. The van der Waals surface area contributed by atoms with Gasteiger partial charge in [0.25, 0.3) is 15.8 Å². The van der Waals surface area contributed by atoms with Gasteiger partial charge in [-0.3, -0.25) is 38.4 Å². The molecule has 0 aromatic heterocycles. The van der Waals surface area contributed by atoms with Crippen LogP contribution >= 0.6 is 12.0 Å². The van der Waals surface area contributed by atoms with Crippen LogP contribution in [0.5, 0.6) is 5.75 Å². The SMILES string of the molecule is Nc1c(N=Nc2ccc(SOOCCS(=O)(O)(O)O)cc2)ccc2ccc(N=Nc3cc(Nc4cc(F)c([N+](=O)[O-])cc4[N+](=O)[O-])ccc3S(=O)(=O)O)c(O)c12. The maximum Gasteiger partial charge on any atom is 0.311 e. The fourth-order valence-corrected chi connectivity index (χ4v) is 6.03. The van der Waals surface area contributed by atoms with Crippen molar-refractivity contribution in [1.29, 1.82) is 0 Å². The number of nitrogens with one attached hydrogen (secondary N) is 1. The molecule has 5 rings (SSSR count). The normalized spacial score (nSPS) is 12.9. The number of benzene rings is 5. The number of phenolic OH excluding ortho intramolecular Hbond substituents is 1. The van der Waals surface area contributed by atoms with Crippen molar-refractivity contribution in [3.63, 3.8) is 0 Å². The van der Waals surface area contributed by atoms with E-state index in [-0.39, 0.29) is 28.1 Å². The molecule has 0 heterocycles. The summed E-state index contributed by atoms with van der Waals surface area (Å²) in [5.74, 6) is -2.90. The van der Waals surface area contributed by atoms with Crippen molar-refractivity contribution in [3.8, 4) is 5.75 Å². The second kappa shape index (κ2) is 15.9. The Morgan fingerprint density at radius 1 is 0.857 bits per heavy atom. The number of nitrogens with zero attached hydrogens (tertiary/aromatic N) is 6. The van der Waals surface area contributed by atoms with Crippen LogP contribution in [0.3, 0.4) is 0 Å². The summed E-state index contributed by atoms with van der Waals surface area (Å²) >= 11 is 0.715. The van der Waals surface area contributed by atoms with E-state index in [0.717, 1.165) is 18.2 Å². The molecule has 0 saturated carbocycles. The lowest BCUT2D eigenvalue weighted by atomic mass is 10.1. The maximum atomic E-state index is 14.4. The van der Waals surface area contributed by atoms with Crippen molar-refractivity contribution in [1.82, 2.24) is 0 Å². The first-order valence-corrected chi connectivity index (χ1v) is 19.2. The smallest absolute Gasteiger partial charge is 0.311 e. The van der Waals surface area contributed by atoms with Gasteiger partial charge in [-0.1, -0.05) is 12.1 Å². The minimum Gasteiger partial charge on any atom is -0.505 e. The third-order valence-corrected chi connectivity index (χ3v) is 9.62. The largest absolute Gasteiger partial charge is 0.505 e. The number of phenols is 1. The molecule has 26 heteroatoms. The van der Waals surface area contributed by atoms with E-state index >= 15 is 0 Å². The van der Waals surface area contributed by atoms with Crippen molar-refractivity contribution in [2.45, 2.75) is 9.79 Å². The van der Waals surface area contributed by atoms with Crippen molar-refractivity contribution in [2.24, 2.45) is 20.5 Å². The number of nitrogens with two attached hydrogens (primary N) is 1. The van der Waals surface area contributed by atoms with Crippen LogP contribution in [0.1, 0.15) is 0 Å². The molecule has 8 N–H and O–H groups in total. The van der Waals surface area contributed by atoms with E-state index in [1.54, 1.807) is 18.2 Å². The first-order chi connectivity index (χ1) is 26.2. The van der Waals surface area contributed by atoms with E-state index in [4.69, 9.17) is 23.7 Å². The predicted octanol–water partition coefficient (Wildman–Crippen LogP) is 8.10. The summed E-state index contributed by atoms with van der Waals surface area (Å²) in [6.07, 6.45) is 0. The van der Waals surface area contributed by atoms with E-state index in [0.29, 0.717) is 40.1 Å². The molecule has 5 aromatic carbocycles. The van der Waals surface area contributed by atoms with E-state index in [2.05, 4.69) is 30.7 Å². The Morgan fingerprint density at radius 2 is 1.48 bits per heavy atom. The van der Waals surface area contributed by atoms with Gasteiger partial charge in [0, 0.05) is 16.6 Å². The highest BCUT2D eigenvalue weighted by atomic mass is 32.3. The Hall–Kier alpha value is -6.10. The topological polar surface area (TPSA) is 345 Å².